The lowest BCUT2D eigenvalue weighted by Crippen LogP contribution is -2.28. The Kier molecular flexibility index (Phi) is 5.79. The zero-order valence-electron chi connectivity index (χ0n) is 13.7. The van der Waals surface area contributed by atoms with Gasteiger partial charge in [0, 0.05) is 11.3 Å². The Balaban J connectivity index is 2.45. The summed E-state index contributed by atoms with van der Waals surface area (Å²) in [5.74, 6) is 1.40. The Bertz CT molecular complexity index is 458. The lowest BCUT2D eigenvalue weighted by Gasteiger charge is -2.25. The van der Waals surface area contributed by atoms with Crippen LogP contribution in [0.4, 0.5) is 0 Å². The van der Waals surface area contributed by atoms with Gasteiger partial charge >= 0.3 is 0 Å². The van der Waals surface area contributed by atoms with E-state index in [4.69, 9.17) is 4.74 Å². The van der Waals surface area contributed by atoms with Gasteiger partial charge in [-0.1, -0.05) is 39.8 Å². The molecule has 0 aromatic heterocycles. The average molecular weight is 276 g/mol. The van der Waals surface area contributed by atoms with Crippen molar-refractivity contribution in [3.05, 3.63) is 29.3 Å². The van der Waals surface area contributed by atoms with Crippen LogP contribution in [0.15, 0.2) is 18.2 Å². The lowest BCUT2D eigenvalue weighted by atomic mass is 9.79. The molecule has 2 heteroatoms. The average Bonchev–Trinajstić information content (AvgIpc) is 2.37. The molecule has 112 valence electrons. The maximum absolute atomic E-state index is 12.1. The third-order valence-corrected chi connectivity index (χ3v) is 3.74. The molecule has 20 heavy (non-hydrogen) atoms. The first-order valence-electron chi connectivity index (χ1n) is 7.48. The number of carbonyl (C=O) groups excluding carboxylic acids is 1. The Morgan fingerprint density at radius 2 is 1.90 bits per heavy atom. The second-order valence-corrected chi connectivity index (χ2v) is 6.62. The van der Waals surface area contributed by atoms with Crippen molar-refractivity contribution in [3.8, 4) is 5.75 Å². The Hall–Kier alpha value is -1.31. The molecular formula is C18H28O2. The number of rotatable bonds is 7. The summed E-state index contributed by atoms with van der Waals surface area (Å²) < 4.78 is 5.84. The lowest BCUT2D eigenvalue weighted by molar-refractivity contribution is -0.130. The summed E-state index contributed by atoms with van der Waals surface area (Å²) in [7, 11) is 0. The number of aryl methyl sites for hydroxylation is 2. The smallest absolute Gasteiger partial charge is 0.140 e. The number of ketones is 1. The van der Waals surface area contributed by atoms with Crippen LogP contribution in [0, 0.1) is 25.2 Å². The number of Topliss-reactive ketones (excluding diaryl/α,β-unsaturated/α-hetero) is 1. The molecular weight excluding hydrogens is 248 g/mol. The molecule has 0 spiro atoms. The molecule has 0 aliphatic carbocycles. The van der Waals surface area contributed by atoms with E-state index in [1.807, 2.05) is 27.7 Å². The van der Waals surface area contributed by atoms with Crippen LogP contribution in [0.3, 0.4) is 0 Å². The van der Waals surface area contributed by atoms with E-state index >= 15 is 0 Å². The SMILES string of the molecule is Cc1ccc(C)c(OCCCC(C)(C)C(=O)C(C)C)c1. The molecule has 0 heterocycles. The quantitative estimate of drug-likeness (QED) is 0.674. The molecule has 0 unspecified atom stereocenters. The molecule has 1 aromatic rings. The molecule has 2 nitrogen and oxygen atoms in total. The van der Waals surface area contributed by atoms with Crippen molar-refractivity contribution in [1.29, 1.82) is 0 Å². The van der Waals surface area contributed by atoms with Crippen molar-refractivity contribution in [2.24, 2.45) is 11.3 Å². The third-order valence-electron chi connectivity index (χ3n) is 3.74. The summed E-state index contributed by atoms with van der Waals surface area (Å²) in [6, 6.07) is 6.24. The Labute approximate surface area is 123 Å². The largest absolute Gasteiger partial charge is 0.493 e. The standard InChI is InChI=1S/C18H28O2/c1-13(2)17(19)18(5,6)10-7-11-20-16-12-14(3)8-9-15(16)4/h8-9,12-13H,7,10-11H2,1-6H3. The van der Waals surface area contributed by atoms with Crippen LogP contribution in [-0.4, -0.2) is 12.4 Å². The van der Waals surface area contributed by atoms with E-state index in [1.165, 1.54) is 5.56 Å². The van der Waals surface area contributed by atoms with Gasteiger partial charge in [0.05, 0.1) is 6.61 Å². The number of benzene rings is 1. The highest BCUT2D eigenvalue weighted by Crippen LogP contribution is 2.27. The fourth-order valence-electron chi connectivity index (χ4n) is 2.46. The normalized spacial score (nSPS) is 11.8. The predicted molar refractivity (Wildman–Crippen MR) is 84.3 cm³/mol. The summed E-state index contributed by atoms with van der Waals surface area (Å²) in [6.07, 6.45) is 1.77. The first-order chi connectivity index (χ1) is 9.24. The summed E-state index contributed by atoms with van der Waals surface area (Å²) in [4.78, 5) is 12.1. The van der Waals surface area contributed by atoms with Gasteiger partial charge in [-0.15, -0.1) is 0 Å². The van der Waals surface area contributed by atoms with Gasteiger partial charge in [-0.25, -0.2) is 0 Å². The summed E-state index contributed by atoms with van der Waals surface area (Å²) in [5, 5.41) is 0. The topological polar surface area (TPSA) is 26.3 Å². The molecule has 0 fully saturated rings. The van der Waals surface area contributed by atoms with E-state index in [1.54, 1.807) is 0 Å². The van der Waals surface area contributed by atoms with Crippen LogP contribution in [0.25, 0.3) is 0 Å². The summed E-state index contributed by atoms with van der Waals surface area (Å²) in [6.45, 7) is 12.8. The molecule has 0 N–H and O–H groups in total. The molecule has 0 amide bonds. The van der Waals surface area contributed by atoms with Crippen LogP contribution in [0.1, 0.15) is 51.7 Å². The van der Waals surface area contributed by atoms with Crippen molar-refractivity contribution in [1.82, 2.24) is 0 Å². The fourth-order valence-corrected chi connectivity index (χ4v) is 2.46. The van der Waals surface area contributed by atoms with Crippen molar-refractivity contribution in [2.45, 2.75) is 54.4 Å². The molecule has 1 rings (SSSR count). The maximum Gasteiger partial charge on any atom is 0.140 e. The van der Waals surface area contributed by atoms with Crippen LogP contribution in [0.5, 0.6) is 5.75 Å². The van der Waals surface area contributed by atoms with E-state index in [2.05, 4.69) is 32.0 Å². The monoisotopic (exact) mass is 276 g/mol. The van der Waals surface area contributed by atoms with Crippen LogP contribution in [-0.2, 0) is 4.79 Å². The Morgan fingerprint density at radius 3 is 2.50 bits per heavy atom. The zero-order valence-corrected chi connectivity index (χ0v) is 13.7. The summed E-state index contributed by atoms with van der Waals surface area (Å²) >= 11 is 0. The molecule has 0 radical (unpaired) electrons. The van der Waals surface area contributed by atoms with Gasteiger partial charge in [0.1, 0.15) is 11.5 Å². The van der Waals surface area contributed by atoms with Crippen molar-refractivity contribution >= 4 is 5.78 Å². The minimum atomic E-state index is -0.251. The van der Waals surface area contributed by atoms with Gasteiger partial charge in [-0.05, 0) is 43.9 Å². The molecule has 0 saturated heterocycles. The first kappa shape index (κ1) is 16.7. The van der Waals surface area contributed by atoms with E-state index in [0.29, 0.717) is 12.4 Å². The van der Waals surface area contributed by atoms with Crippen molar-refractivity contribution in [2.75, 3.05) is 6.61 Å². The molecule has 0 saturated carbocycles. The van der Waals surface area contributed by atoms with E-state index in [0.717, 1.165) is 24.2 Å². The molecule has 0 atom stereocenters. The van der Waals surface area contributed by atoms with Gasteiger partial charge in [-0.3, -0.25) is 4.79 Å². The highest BCUT2D eigenvalue weighted by Gasteiger charge is 2.28. The van der Waals surface area contributed by atoms with Crippen LogP contribution < -0.4 is 4.74 Å². The minimum absolute atomic E-state index is 0.102. The first-order valence-corrected chi connectivity index (χ1v) is 7.48. The molecule has 0 aliphatic rings. The van der Waals surface area contributed by atoms with Crippen LogP contribution in [0.2, 0.25) is 0 Å². The number of hydrogen-bond donors (Lipinski definition) is 0. The fraction of sp³-hybridized carbons (Fsp3) is 0.611. The second-order valence-electron chi connectivity index (χ2n) is 6.62. The van der Waals surface area contributed by atoms with Crippen molar-refractivity contribution in [3.63, 3.8) is 0 Å². The van der Waals surface area contributed by atoms with Crippen molar-refractivity contribution < 1.29 is 9.53 Å². The zero-order chi connectivity index (χ0) is 15.3. The predicted octanol–water partition coefficient (Wildman–Crippen LogP) is 4.71. The van der Waals surface area contributed by atoms with Gasteiger partial charge in [0.25, 0.3) is 0 Å². The highest BCUT2D eigenvalue weighted by atomic mass is 16.5. The number of carbonyl (C=O) groups is 1. The van der Waals surface area contributed by atoms with E-state index in [-0.39, 0.29) is 11.3 Å². The summed E-state index contributed by atoms with van der Waals surface area (Å²) in [5.41, 5.74) is 2.12. The highest BCUT2D eigenvalue weighted by molar-refractivity contribution is 5.85. The number of hydrogen-bond acceptors (Lipinski definition) is 2. The third kappa shape index (κ3) is 4.66. The van der Waals surface area contributed by atoms with E-state index < -0.39 is 0 Å². The molecule has 1 aromatic carbocycles. The van der Waals surface area contributed by atoms with Gasteiger partial charge in [-0.2, -0.15) is 0 Å². The molecule has 0 bridgehead atoms. The second kappa shape index (κ2) is 6.92. The van der Waals surface area contributed by atoms with Crippen LogP contribution >= 0.6 is 0 Å². The van der Waals surface area contributed by atoms with E-state index in [9.17, 15) is 4.79 Å². The number of ether oxygens (including phenoxy) is 1. The van der Waals surface area contributed by atoms with Gasteiger partial charge in [0.2, 0.25) is 0 Å². The maximum atomic E-state index is 12.1. The van der Waals surface area contributed by atoms with Gasteiger partial charge < -0.3 is 4.74 Å². The Morgan fingerprint density at radius 1 is 1.25 bits per heavy atom. The minimum Gasteiger partial charge on any atom is -0.493 e. The molecule has 0 aliphatic heterocycles. The van der Waals surface area contributed by atoms with Gasteiger partial charge in [0.15, 0.2) is 0 Å².